The van der Waals surface area contributed by atoms with Gasteiger partial charge in [-0.2, -0.15) is 0 Å². The van der Waals surface area contributed by atoms with E-state index in [-0.39, 0.29) is 5.60 Å². The molecule has 2 N–H and O–H groups in total. The van der Waals surface area contributed by atoms with Gasteiger partial charge < -0.3 is 15.0 Å². The molecular formula is C8H15N3O. The molecule has 0 fully saturated rings. The van der Waals surface area contributed by atoms with Crippen LogP contribution in [0.1, 0.15) is 19.5 Å². The zero-order chi connectivity index (χ0) is 9.35. The van der Waals surface area contributed by atoms with Crippen LogP contribution < -0.4 is 5.73 Å². The Hall–Kier alpha value is -1.03. The van der Waals surface area contributed by atoms with Crippen LogP contribution in [-0.2, 0) is 17.4 Å². The van der Waals surface area contributed by atoms with Crippen molar-refractivity contribution < 1.29 is 4.74 Å². The third kappa shape index (κ3) is 1.30. The van der Waals surface area contributed by atoms with Crippen molar-refractivity contribution in [2.75, 3.05) is 12.8 Å². The van der Waals surface area contributed by atoms with Crippen molar-refractivity contribution in [2.45, 2.75) is 19.4 Å². The second kappa shape index (κ2) is 2.79. The van der Waals surface area contributed by atoms with Crippen molar-refractivity contribution in [1.29, 1.82) is 0 Å². The molecular weight excluding hydrogens is 154 g/mol. The smallest absolute Gasteiger partial charge is 0.200 e. The Morgan fingerprint density at radius 2 is 2.17 bits per heavy atom. The topological polar surface area (TPSA) is 53.1 Å². The molecule has 0 atom stereocenters. The van der Waals surface area contributed by atoms with E-state index >= 15 is 0 Å². The number of aromatic nitrogens is 2. The van der Waals surface area contributed by atoms with Gasteiger partial charge >= 0.3 is 0 Å². The summed E-state index contributed by atoms with van der Waals surface area (Å²) in [5.74, 6) is 0.509. The van der Waals surface area contributed by atoms with E-state index in [1.807, 2.05) is 25.5 Å². The van der Waals surface area contributed by atoms with Crippen LogP contribution in [0.3, 0.4) is 0 Å². The maximum atomic E-state index is 5.59. The van der Waals surface area contributed by atoms with Crippen LogP contribution in [0.5, 0.6) is 0 Å². The number of nitrogens with zero attached hydrogens (tertiary/aromatic N) is 2. The first-order valence-corrected chi connectivity index (χ1v) is 3.82. The Bertz CT molecular complexity index is 278. The molecule has 0 aliphatic carbocycles. The summed E-state index contributed by atoms with van der Waals surface area (Å²) in [7, 11) is 3.54. The molecule has 0 unspecified atom stereocenters. The fraction of sp³-hybridized carbons (Fsp3) is 0.625. The molecule has 0 amide bonds. The van der Waals surface area contributed by atoms with E-state index < -0.39 is 0 Å². The van der Waals surface area contributed by atoms with Crippen molar-refractivity contribution in [3.63, 3.8) is 0 Å². The van der Waals surface area contributed by atoms with Crippen LogP contribution in [0.4, 0.5) is 5.95 Å². The van der Waals surface area contributed by atoms with E-state index in [4.69, 9.17) is 10.5 Å². The summed E-state index contributed by atoms with van der Waals surface area (Å²) >= 11 is 0. The molecule has 1 aromatic rings. The number of methoxy groups -OCH3 is 1. The molecule has 0 saturated heterocycles. The molecule has 1 aromatic heterocycles. The van der Waals surface area contributed by atoms with Crippen LogP contribution in [0, 0.1) is 0 Å². The second-order valence-electron chi connectivity index (χ2n) is 3.28. The van der Waals surface area contributed by atoms with Gasteiger partial charge in [0, 0.05) is 14.2 Å². The maximum Gasteiger partial charge on any atom is 0.200 e. The lowest BCUT2D eigenvalue weighted by Crippen LogP contribution is -2.23. The number of ether oxygens (including phenoxy) is 1. The maximum absolute atomic E-state index is 5.59. The summed E-state index contributed by atoms with van der Waals surface area (Å²) in [6.07, 6.45) is 1.73. The highest BCUT2D eigenvalue weighted by Gasteiger charge is 2.23. The first-order valence-electron chi connectivity index (χ1n) is 3.82. The molecule has 68 valence electrons. The lowest BCUT2D eigenvalue weighted by Gasteiger charge is -2.23. The van der Waals surface area contributed by atoms with Crippen LogP contribution in [0.25, 0.3) is 0 Å². The third-order valence-electron chi connectivity index (χ3n) is 2.15. The minimum Gasteiger partial charge on any atom is -0.373 e. The Morgan fingerprint density at radius 3 is 2.50 bits per heavy atom. The molecule has 1 rings (SSSR count). The number of nitrogens with two attached hydrogens (primary N) is 1. The number of anilines is 1. The summed E-state index contributed by atoms with van der Waals surface area (Å²) in [6.45, 7) is 3.95. The van der Waals surface area contributed by atoms with Gasteiger partial charge in [-0.3, -0.25) is 0 Å². The van der Waals surface area contributed by atoms with Gasteiger partial charge in [-0.05, 0) is 13.8 Å². The molecule has 4 heteroatoms. The zero-order valence-corrected chi connectivity index (χ0v) is 7.96. The summed E-state index contributed by atoms with van der Waals surface area (Å²) in [5, 5.41) is 0. The summed E-state index contributed by atoms with van der Waals surface area (Å²) < 4.78 is 7.12. The number of hydrogen-bond acceptors (Lipinski definition) is 3. The molecule has 1 heterocycles. The van der Waals surface area contributed by atoms with Crippen molar-refractivity contribution in [3.05, 3.63) is 11.9 Å². The van der Waals surface area contributed by atoms with Gasteiger partial charge in [0.05, 0.1) is 11.9 Å². The largest absolute Gasteiger partial charge is 0.373 e. The fourth-order valence-corrected chi connectivity index (χ4v) is 1.09. The number of nitrogen functional groups attached to an aromatic ring is 1. The van der Waals surface area contributed by atoms with Gasteiger partial charge in [0.2, 0.25) is 0 Å². The molecule has 4 nitrogen and oxygen atoms in total. The molecule has 0 spiro atoms. The normalized spacial score (nSPS) is 12.0. The zero-order valence-electron chi connectivity index (χ0n) is 7.96. The SMILES string of the molecule is COC(C)(C)c1cnc(N)n1C. The van der Waals surface area contributed by atoms with Crippen molar-refractivity contribution in [1.82, 2.24) is 9.55 Å². The number of imidazole rings is 1. The van der Waals surface area contributed by atoms with Gasteiger partial charge in [-0.25, -0.2) is 4.98 Å². The van der Waals surface area contributed by atoms with Crippen molar-refractivity contribution in [3.8, 4) is 0 Å². The number of hydrogen-bond donors (Lipinski definition) is 1. The predicted molar refractivity (Wildman–Crippen MR) is 47.7 cm³/mol. The van der Waals surface area contributed by atoms with Gasteiger partial charge in [0.15, 0.2) is 5.95 Å². The Morgan fingerprint density at radius 1 is 1.58 bits per heavy atom. The van der Waals surface area contributed by atoms with Gasteiger partial charge in [-0.15, -0.1) is 0 Å². The van der Waals surface area contributed by atoms with E-state index in [1.54, 1.807) is 13.3 Å². The summed E-state index contributed by atoms with van der Waals surface area (Å²) in [5.41, 5.74) is 6.23. The van der Waals surface area contributed by atoms with Crippen molar-refractivity contribution in [2.24, 2.45) is 7.05 Å². The Balaban J connectivity index is 3.11. The second-order valence-corrected chi connectivity index (χ2v) is 3.28. The van der Waals surface area contributed by atoms with E-state index in [0.717, 1.165) is 5.69 Å². The molecule has 0 bridgehead atoms. The van der Waals surface area contributed by atoms with E-state index in [9.17, 15) is 0 Å². The molecule has 0 radical (unpaired) electrons. The third-order valence-corrected chi connectivity index (χ3v) is 2.15. The monoisotopic (exact) mass is 169 g/mol. The minimum atomic E-state index is -0.334. The predicted octanol–water partition coefficient (Wildman–Crippen LogP) is 0.884. The Labute approximate surface area is 72.3 Å². The lowest BCUT2D eigenvalue weighted by molar-refractivity contribution is 0.0133. The first kappa shape index (κ1) is 9.06. The van der Waals surface area contributed by atoms with Crippen LogP contribution in [0.15, 0.2) is 6.20 Å². The highest BCUT2D eigenvalue weighted by Crippen LogP contribution is 2.24. The molecule has 0 aliphatic heterocycles. The first-order chi connectivity index (χ1) is 5.49. The average Bonchev–Trinajstić information content (AvgIpc) is 2.33. The average molecular weight is 169 g/mol. The molecule has 0 aliphatic rings. The highest BCUT2D eigenvalue weighted by atomic mass is 16.5. The summed E-state index contributed by atoms with van der Waals surface area (Å²) in [4.78, 5) is 3.99. The van der Waals surface area contributed by atoms with Crippen LogP contribution in [-0.4, -0.2) is 16.7 Å². The summed E-state index contributed by atoms with van der Waals surface area (Å²) in [6, 6.07) is 0. The standard InChI is InChI=1S/C8H15N3O/c1-8(2,12-4)6-5-10-7(9)11(6)3/h5H,1-4H3,(H2,9,10). The van der Waals surface area contributed by atoms with Gasteiger partial charge in [0.25, 0.3) is 0 Å². The lowest BCUT2D eigenvalue weighted by atomic mass is 10.1. The van der Waals surface area contributed by atoms with Crippen molar-refractivity contribution >= 4 is 5.95 Å². The fourth-order valence-electron chi connectivity index (χ4n) is 1.09. The van der Waals surface area contributed by atoms with E-state index in [0.29, 0.717) is 5.95 Å². The molecule has 0 aromatic carbocycles. The van der Waals surface area contributed by atoms with E-state index in [1.165, 1.54) is 0 Å². The van der Waals surface area contributed by atoms with Gasteiger partial charge in [0.1, 0.15) is 5.60 Å². The minimum absolute atomic E-state index is 0.334. The Kier molecular flexibility index (Phi) is 2.10. The van der Waals surface area contributed by atoms with Crippen LogP contribution >= 0.6 is 0 Å². The van der Waals surface area contributed by atoms with E-state index in [2.05, 4.69) is 4.98 Å². The quantitative estimate of drug-likeness (QED) is 0.715. The molecule has 12 heavy (non-hydrogen) atoms. The number of rotatable bonds is 2. The van der Waals surface area contributed by atoms with Crippen LogP contribution in [0.2, 0.25) is 0 Å². The highest BCUT2D eigenvalue weighted by molar-refractivity contribution is 5.24. The van der Waals surface area contributed by atoms with Gasteiger partial charge in [-0.1, -0.05) is 0 Å². The molecule has 0 saturated carbocycles.